The highest BCUT2D eigenvalue weighted by Crippen LogP contribution is 2.28. The summed E-state index contributed by atoms with van der Waals surface area (Å²) in [5.41, 5.74) is 4.09. The minimum absolute atomic E-state index is 0.283. The van der Waals surface area contributed by atoms with Gasteiger partial charge in [-0.2, -0.15) is 4.99 Å². The van der Waals surface area contributed by atoms with Crippen LogP contribution in [0.1, 0.15) is 49.4 Å². The van der Waals surface area contributed by atoms with Gasteiger partial charge in [0, 0.05) is 62.3 Å². The number of allylic oxidation sites excluding steroid dienone is 2. The summed E-state index contributed by atoms with van der Waals surface area (Å²) in [5, 5.41) is 0. The zero-order chi connectivity index (χ0) is 24.9. The molecule has 2 fully saturated rings. The molecule has 0 aromatic carbocycles. The third-order valence-electron chi connectivity index (χ3n) is 7.06. The molecule has 192 valence electrons. The van der Waals surface area contributed by atoms with E-state index in [9.17, 15) is 0 Å². The highest BCUT2D eigenvalue weighted by Gasteiger charge is 2.31. The Hall–Kier alpha value is -3.17. The van der Waals surface area contributed by atoms with Crippen molar-refractivity contribution in [3.8, 4) is 0 Å². The lowest BCUT2D eigenvalue weighted by Gasteiger charge is -2.39. The normalized spacial score (nSPS) is 21.3. The van der Waals surface area contributed by atoms with Crippen molar-refractivity contribution in [2.45, 2.75) is 45.4 Å². The minimum atomic E-state index is -0.283. The van der Waals surface area contributed by atoms with Crippen molar-refractivity contribution in [3.63, 3.8) is 0 Å². The maximum absolute atomic E-state index is 5.61. The van der Waals surface area contributed by atoms with Crippen LogP contribution in [0.5, 0.6) is 0 Å². The van der Waals surface area contributed by atoms with Crippen LogP contribution in [0.4, 0.5) is 0 Å². The van der Waals surface area contributed by atoms with E-state index in [0.29, 0.717) is 19.0 Å². The van der Waals surface area contributed by atoms with Crippen molar-refractivity contribution in [1.82, 2.24) is 29.2 Å². The van der Waals surface area contributed by atoms with Crippen LogP contribution in [0.2, 0.25) is 0 Å². The maximum atomic E-state index is 5.61. The SMILES string of the molecule is C=C(C1=NC(n2cnc(CN3CCCC3)c2)N(C)C(N2CCOCC2)=N1)c1cc[nH]c1C/C=C\CC. The Labute approximate surface area is 213 Å². The van der Waals surface area contributed by atoms with Gasteiger partial charge in [-0.1, -0.05) is 25.7 Å². The summed E-state index contributed by atoms with van der Waals surface area (Å²) < 4.78 is 7.70. The third kappa shape index (κ3) is 5.32. The van der Waals surface area contributed by atoms with Crippen LogP contribution in [0.25, 0.3) is 5.57 Å². The molecule has 0 saturated carbocycles. The predicted octanol–water partition coefficient (Wildman–Crippen LogP) is 3.52. The van der Waals surface area contributed by atoms with E-state index in [1.54, 1.807) is 0 Å². The van der Waals surface area contributed by atoms with Gasteiger partial charge in [0.05, 0.1) is 25.2 Å². The second-order valence-electron chi connectivity index (χ2n) is 9.65. The lowest BCUT2D eigenvalue weighted by molar-refractivity contribution is 0.0597. The van der Waals surface area contributed by atoms with E-state index in [-0.39, 0.29) is 6.29 Å². The molecule has 2 saturated heterocycles. The average Bonchev–Trinajstić information content (AvgIpc) is 3.68. The number of ether oxygens (including phenoxy) is 1. The number of nitrogens with zero attached hydrogens (tertiary/aromatic N) is 7. The van der Waals surface area contributed by atoms with Gasteiger partial charge in [0.2, 0.25) is 12.2 Å². The summed E-state index contributed by atoms with van der Waals surface area (Å²) in [6, 6.07) is 2.07. The van der Waals surface area contributed by atoms with Crippen LogP contribution in [0, 0.1) is 0 Å². The van der Waals surface area contributed by atoms with Gasteiger partial charge in [-0.05, 0) is 38.4 Å². The zero-order valence-electron chi connectivity index (χ0n) is 21.6. The maximum Gasteiger partial charge on any atom is 0.208 e. The molecule has 9 nitrogen and oxygen atoms in total. The number of morpholine rings is 1. The Balaban J connectivity index is 1.44. The van der Waals surface area contributed by atoms with Crippen molar-refractivity contribution < 1.29 is 4.74 Å². The van der Waals surface area contributed by atoms with Crippen LogP contribution in [0.3, 0.4) is 0 Å². The molecule has 1 atom stereocenters. The summed E-state index contributed by atoms with van der Waals surface area (Å²) in [4.78, 5) is 25.1. The number of aromatic nitrogens is 3. The second kappa shape index (κ2) is 11.3. The number of amidine groups is 1. The van der Waals surface area contributed by atoms with Gasteiger partial charge in [-0.3, -0.25) is 9.47 Å². The number of aliphatic imine (C=N–C) groups is 2. The van der Waals surface area contributed by atoms with Gasteiger partial charge in [-0.15, -0.1) is 0 Å². The molecule has 1 unspecified atom stereocenters. The summed E-state index contributed by atoms with van der Waals surface area (Å²) >= 11 is 0. The highest BCUT2D eigenvalue weighted by atomic mass is 16.5. The largest absolute Gasteiger partial charge is 0.378 e. The molecule has 1 N–H and O–H groups in total. The third-order valence-corrected chi connectivity index (χ3v) is 7.06. The van der Waals surface area contributed by atoms with E-state index in [4.69, 9.17) is 19.7 Å². The number of hydrogen-bond acceptors (Lipinski definition) is 7. The number of guanidine groups is 1. The highest BCUT2D eigenvalue weighted by molar-refractivity contribution is 6.25. The molecule has 0 bridgehead atoms. The van der Waals surface area contributed by atoms with E-state index in [1.165, 1.54) is 12.8 Å². The fourth-order valence-corrected chi connectivity index (χ4v) is 5.07. The van der Waals surface area contributed by atoms with Crippen LogP contribution >= 0.6 is 0 Å². The lowest BCUT2D eigenvalue weighted by atomic mass is 10.0. The minimum Gasteiger partial charge on any atom is -0.378 e. The molecule has 0 aliphatic carbocycles. The smallest absolute Gasteiger partial charge is 0.208 e. The molecule has 0 amide bonds. The molecule has 5 rings (SSSR count). The van der Waals surface area contributed by atoms with Crippen molar-refractivity contribution in [2.24, 2.45) is 9.98 Å². The molecule has 3 aliphatic heterocycles. The molecular formula is C27H38N8O. The van der Waals surface area contributed by atoms with Gasteiger partial charge in [-0.25, -0.2) is 9.98 Å². The Bertz CT molecular complexity index is 1130. The summed E-state index contributed by atoms with van der Waals surface area (Å²) in [6.07, 6.45) is 14.5. The molecule has 3 aliphatic rings. The standard InChI is InChI=1S/C27H38N8O/c1-4-5-6-9-24-23(10-11-28-24)21(2)25-30-26(34-14-16-36-17-15-34)32(3)27(31-25)35-19-22(29-20-35)18-33-12-7-8-13-33/h5-6,10-11,19-20,27-28H,2,4,7-9,12-18H2,1,3H3/b6-5-. The van der Waals surface area contributed by atoms with E-state index in [2.05, 4.69) is 69.2 Å². The van der Waals surface area contributed by atoms with Gasteiger partial charge in [0.1, 0.15) is 0 Å². The van der Waals surface area contributed by atoms with Crippen molar-refractivity contribution in [3.05, 3.63) is 60.5 Å². The first-order valence-corrected chi connectivity index (χ1v) is 13.1. The van der Waals surface area contributed by atoms with Gasteiger partial charge in [0.15, 0.2) is 5.84 Å². The van der Waals surface area contributed by atoms with E-state index >= 15 is 0 Å². The zero-order valence-corrected chi connectivity index (χ0v) is 21.6. The van der Waals surface area contributed by atoms with Crippen molar-refractivity contribution in [2.75, 3.05) is 46.4 Å². The Kier molecular flexibility index (Phi) is 7.67. The summed E-state index contributed by atoms with van der Waals surface area (Å²) in [7, 11) is 2.05. The first kappa shape index (κ1) is 24.5. The molecule has 2 aromatic heterocycles. The number of H-pyrrole nitrogens is 1. The van der Waals surface area contributed by atoms with Crippen molar-refractivity contribution in [1.29, 1.82) is 0 Å². The number of likely N-dealkylation sites (tertiary alicyclic amines) is 1. The van der Waals surface area contributed by atoms with Gasteiger partial charge in [0.25, 0.3) is 0 Å². The summed E-state index contributed by atoms with van der Waals surface area (Å²) in [5.74, 6) is 1.56. The molecule has 9 heteroatoms. The fourth-order valence-electron chi connectivity index (χ4n) is 5.07. The van der Waals surface area contributed by atoms with Crippen molar-refractivity contribution >= 4 is 17.4 Å². The number of aromatic amines is 1. The van der Waals surface area contributed by atoms with Gasteiger partial charge < -0.3 is 19.5 Å². The van der Waals surface area contributed by atoms with Crippen LogP contribution in [-0.4, -0.2) is 87.5 Å². The quantitative estimate of drug-likeness (QED) is 0.573. The topological polar surface area (TPSA) is 77.3 Å². The number of rotatable bonds is 8. The first-order valence-electron chi connectivity index (χ1n) is 13.1. The molecule has 5 heterocycles. The van der Waals surface area contributed by atoms with Crippen LogP contribution < -0.4 is 0 Å². The summed E-state index contributed by atoms with van der Waals surface area (Å²) in [6.45, 7) is 12.8. The Morgan fingerprint density at radius 1 is 1.19 bits per heavy atom. The molecule has 2 aromatic rings. The number of nitrogens with one attached hydrogen (secondary N) is 1. The lowest BCUT2D eigenvalue weighted by Crippen LogP contribution is -2.51. The van der Waals surface area contributed by atoms with Crippen LogP contribution in [0.15, 0.2) is 53.5 Å². The van der Waals surface area contributed by atoms with E-state index in [1.807, 2.05) is 12.5 Å². The monoisotopic (exact) mass is 490 g/mol. The predicted molar refractivity (Wildman–Crippen MR) is 144 cm³/mol. The Morgan fingerprint density at radius 2 is 2.00 bits per heavy atom. The van der Waals surface area contributed by atoms with Gasteiger partial charge >= 0.3 is 0 Å². The Morgan fingerprint density at radius 3 is 2.78 bits per heavy atom. The second-order valence-corrected chi connectivity index (χ2v) is 9.65. The molecule has 0 spiro atoms. The molecular weight excluding hydrogens is 452 g/mol. The van der Waals surface area contributed by atoms with E-state index < -0.39 is 0 Å². The number of imidazole rings is 1. The first-order chi connectivity index (χ1) is 17.6. The average molecular weight is 491 g/mol. The number of hydrogen-bond donors (Lipinski definition) is 1. The molecule has 0 radical (unpaired) electrons. The van der Waals surface area contributed by atoms with Crippen LogP contribution in [-0.2, 0) is 17.7 Å². The fraction of sp³-hybridized carbons (Fsp3) is 0.519. The van der Waals surface area contributed by atoms with E-state index in [0.717, 1.165) is 74.0 Å². The molecule has 36 heavy (non-hydrogen) atoms.